The van der Waals surface area contributed by atoms with Crippen LogP contribution in [-0.4, -0.2) is 106 Å². The van der Waals surface area contributed by atoms with Crippen LogP contribution < -0.4 is 5.73 Å². The normalized spacial score (nSPS) is 24.3. The van der Waals surface area contributed by atoms with E-state index in [-0.39, 0.29) is 5.84 Å². The van der Waals surface area contributed by atoms with Crippen LogP contribution in [0.2, 0.25) is 0 Å². The van der Waals surface area contributed by atoms with Gasteiger partial charge in [-0.25, -0.2) is 4.98 Å². The third-order valence-electron chi connectivity index (χ3n) is 9.65. The van der Waals surface area contributed by atoms with E-state index in [1.165, 1.54) is 64.5 Å². The molecule has 9 heteroatoms. The van der Waals surface area contributed by atoms with Gasteiger partial charge in [0.25, 0.3) is 0 Å². The van der Waals surface area contributed by atoms with E-state index in [0.717, 1.165) is 57.4 Å². The Morgan fingerprint density at radius 1 is 1.08 bits per heavy atom. The average molecular weight is 513 g/mol. The fourth-order valence-corrected chi connectivity index (χ4v) is 7.37. The number of rotatable bonds is 9. The number of likely N-dealkylation sites (tertiary alicyclic amines) is 3. The van der Waals surface area contributed by atoms with Crippen molar-refractivity contribution in [1.82, 2.24) is 29.6 Å². The van der Waals surface area contributed by atoms with Gasteiger partial charge in [0.15, 0.2) is 0 Å². The van der Waals surface area contributed by atoms with E-state index in [2.05, 4.69) is 29.6 Å². The van der Waals surface area contributed by atoms with Gasteiger partial charge in [0.05, 0.1) is 19.6 Å². The Morgan fingerprint density at radius 3 is 2.49 bits per heavy atom. The summed E-state index contributed by atoms with van der Waals surface area (Å²) in [5, 5.41) is 7.74. The van der Waals surface area contributed by atoms with Gasteiger partial charge in [0, 0.05) is 38.1 Å². The van der Waals surface area contributed by atoms with Gasteiger partial charge in [0.1, 0.15) is 11.7 Å². The van der Waals surface area contributed by atoms with Gasteiger partial charge >= 0.3 is 0 Å². The molecule has 0 radical (unpaired) electrons. The molecule has 0 unspecified atom stereocenters. The van der Waals surface area contributed by atoms with Gasteiger partial charge in [-0.3, -0.25) is 20.0 Å². The average Bonchev–Trinajstić information content (AvgIpc) is 3.56. The number of amides is 1. The molecule has 1 spiro atoms. The molecule has 3 aliphatic heterocycles. The van der Waals surface area contributed by atoms with Crippen LogP contribution in [0.1, 0.15) is 70.0 Å². The Hall–Kier alpha value is -1.97. The molecule has 1 aromatic heterocycles. The van der Waals surface area contributed by atoms with Crippen LogP contribution in [0.5, 0.6) is 0 Å². The topological polar surface area (TPSA) is 109 Å². The Morgan fingerprint density at radius 2 is 1.81 bits per heavy atom. The maximum absolute atomic E-state index is 13.2. The molecule has 0 atom stereocenters. The van der Waals surface area contributed by atoms with E-state index in [1.807, 2.05) is 6.20 Å². The number of aromatic amines is 1. The summed E-state index contributed by atoms with van der Waals surface area (Å²) in [6, 6.07) is 0.827. The molecule has 0 aromatic carbocycles. The second kappa shape index (κ2) is 12.3. The number of carbonyl (C=O) groups excluding carboxylic acids is 1. The van der Waals surface area contributed by atoms with Crippen LogP contribution in [0, 0.1) is 16.7 Å². The summed E-state index contributed by atoms with van der Waals surface area (Å²) in [5.41, 5.74) is 6.09. The van der Waals surface area contributed by atoms with Crippen LogP contribution >= 0.6 is 0 Å². The van der Waals surface area contributed by atoms with E-state index in [0.29, 0.717) is 36.9 Å². The fourth-order valence-electron chi connectivity index (χ4n) is 7.37. The van der Waals surface area contributed by atoms with E-state index in [9.17, 15) is 4.79 Å². The van der Waals surface area contributed by atoms with Gasteiger partial charge < -0.3 is 20.5 Å². The number of imidazole rings is 1. The molecule has 37 heavy (non-hydrogen) atoms. The lowest BCUT2D eigenvalue weighted by atomic mass is 9.77. The first kappa shape index (κ1) is 26.6. The van der Waals surface area contributed by atoms with Gasteiger partial charge in [0.2, 0.25) is 5.91 Å². The lowest BCUT2D eigenvalue weighted by molar-refractivity contribution is -0.132. The van der Waals surface area contributed by atoms with E-state index >= 15 is 0 Å². The minimum atomic E-state index is 0.192. The number of nitrogens with two attached hydrogens (primary N) is 1. The Labute approximate surface area is 222 Å². The summed E-state index contributed by atoms with van der Waals surface area (Å²) in [4.78, 5) is 30.2. The summed E-state index contributed by atoms with van der Waals surface area (Å²) < 4.78 is 0. The SMILES string of the molecule is N=C(N)CN(Cc1ncc[nH]1)CC1CCN(CC(=O)N2CCC3(CCN(C4CCCCC4)CC3)C2)CC1. The number of hydrogen-bond donors (Lipinski definition) is 3. The molecule has 4 heterocycles. The molecule has 5 rings (SSSR count). The van der Waals surface area contributed by atoms with Crippen LogP contribution in [0.4, 0.5) is 0 Å². The highest BCUT2D eigenvalue weighted by atomic mass is 16.2. The third-order valence-corrected chi connectivity index (χ3v) is 9.65. The van der Waals surface area contributed by atoms with E-state index < -0.39 is 0 Å². The molecule has 1 aliphatic carbocycles. The number of H-pyrrole nitrogens is 1. The van der Waals surface area contributed by atoms with Crippen molar-refractivity contribution in [3.05, 3.63) is 18.2 Å². The highest BCUT2D eigenvalue weighted by molar-refractivity contribution is 5.79. The van der Waals surface area contributed by atoms with Crippen molar-refractivity contribution < 1.29 is 4.79 Å². The first-order valence-electron chi connectivity index (χ1n) is 14.8. The third kappa shape index (κ3) is 7.12. The summed E-state index contributed by atoms with van der Waals surface area (Å²) >= 11 is 0. The molecular weight excluding hydrogens is 464 g/mol. The van der Waals surface area contributed by atoms with Crippen molar-refractivity contribution in [3.63, 3.8) is 0 Å². The lowest BCUT2D eigenvalue weighted by Gasteiger charge is -2.43. The first-order valence-corrected chi connectivity index (χ1v) is 14.8. The Kier molecular flexibility index (Phi) is 8.82. The van der Waals surface area contributed by atoms with E-state index in [1.54, 1.807) is 6.20 Å². The molecule has 4 fully saturated rings. The fraction of sp³-hybridized carbons (Fsp3) is 0.821. The number of hydrogen-bond acceptors (Lipinski definition) is 6. The Bertz CT molecular complexity index is 867. The van der Waals surface area contributed by atoms with Gasteiger partial charge in [-0.05, 0) is 82.5 Å². The number of piperidine rings is 2. The standard InChI is InChI=1S/C28H48N8O/c29-25(30)19-34(20-26-31-11-12-32-26)18-23-6-13-33(14-7-23)21-27(37)36-17-10-28(22-36)8-15-35(16-9-28)24-4-2-1-3-5-24/h11-12,23-24H,1-10,13-22H2,(H3,29,30)(H,31,32). The monoisotopic (exact) mass is 512 g/mol. The van der Waals surface area contributed by atoms with Crippen molar-refractivity contribution in [2.75, 3.05) is 58.9 Å². The van der Waals surface area contributed by atoms with Gasteiger partial charge in [-0.1, -0.05) is 19.3 Å². The maximum Gasteiger partial charge on any atom is 0.236 e. The predicted octanol–water partition coefficient (Wildman–Crippen LogP) is 2.51. The van der Waals surface area contributed by atoms with E-state index in [4.69, 9.17) is 11.1 Å². The number of nitrogens with one attached hydrogen (secondary N) is 2. The van der Waals surface area contributed by atoms with Crippen molar-refractivity contribution in [2.24, 2.45) is 17.1 Å². The summed E-state index contributed by atoms with van der Waals surface area (Å²) in [5.74, 6) is 2.00. The highest BCUT2D eigenvalue weighted by Gasteiger charge is 2.43. The predicted molar refractivity (Wildman–Crippen MR) is 146 cm³/mol. The molecule has 4 aliphatic rings. The molecule has 1 amide bonds. The van der Waals surface area contributed by atoms with Crippen LogP contribution in [0.15, 0.2) is 12.4 Å². The zero-order valence-electron chi connectivity index (χ0n) is 22.7. The second-order valence-electron chi connectivity index (χ2n) is 12.3. The van der Waals surface area contributed by atoms with Crippen LogP contribution in [-0.2, 0) is 11.3 Å². The second-order valence-corrected chi connectivity index (χ2v) is 12.3. The number of amidine groups is 1. The summed E-state index contributed by atoms with van der Waals surface area (Å²) in [6.45, 7) is 8.98. The minimum Gasteiger partial charge on any atom is -0.387 e. The van der Waals surface area contributed by atoms with Crippen LogP contribution in [0.25, 0.3) is 0 Å². The molecule has 1 aromatic rings. The van der Waals surface area contributed by atoms with Crippen molar-refractivity contribution in [3.8, 4) is 0 Å². The first-order chi connectivity index (χ1) is 18.0. The summed E-state index contributed by atoms with van der Waals surface area (Å²) in [6.07, 6.45) is 16.5. The van der Waals surface area contributed by atoms with Gasteiger partial charge in [-0.15, -0.1) is 0 Å². The molecule has 9 nitrogen and oxygen atoms in total. The quantitative estimate of drug-likeness (QED) is 0.347. The molecule has 0 bridgehead atoms. The highest BCUT2D eigenvalue weighted by Crippen LogP contribution is 2.41. The molecule has 206 valence electrons. The number of carbonyl (C=O) groups is 1. The summed E-state index contributed by atoms with van der Waals surface area (Å²) in [7, 11) is 0. The van der Waals surface area contributed by atoms with Crippen LogP contribution in [0.3, 0.4) is 0 Å². The maximum atomic E-state index is 13.2. The number of aromatic nitrogens is 2. The lowest BCUT2D eigenvalue weighted by Crippen LogP contribution is -2.48. The minimum absolute atomic E-state index is 0.192. The zero-order valence-corrected chi connectivity index (χ0v) is 22.7. The zero-order chi connectivity index (χ0) is 25.7. The number of nitrogens with zero attached hydrogens (tertiary/aromatic N) is 5. The molecule has 3 saturated heterocycles. The van der Waals surface area contributed by atoms with Gasteiger partial charge in [-0.2, -0.15) is 0 Å². The Balaban J connectivity index is 1.03. The van der Waals surface area contributed by atoms with Crippen molar-refractivity contribution in [2.45, 2.75) is 76.8 Å². The largest absolute Gasteiger partial charge is 0.387 e. The smallest absolute Gasteiger partial charge is 0.236 e. The molecule has 4 N–H and O–H groups in total. The van der Waals surface area contributed by atoms with Crippen molar-refractivity contribution in [1.29, 1.82) is 5.41 Å². The molecule has 1 saturated carbocycles. The van der Waals surface area contributed by atoms with Crippen molar-refractivity contribution >= 4 is 11.7 Å². The molecular formula is C28H48N8O.